The van der Waals surface area contributed by atoms with E-state index in [4.69, 9.17) is 12.2 Å². The van der Waals surface area contributed by atoms with E-state index in [1.807, 2.05) is 6.07 Å². The molecule has 0 spiro atoms. The first-order chi connectivity index (χ1) is 13.9. The Morgan fingerprint density at radius 3 is 2.28 bits per heavy atom. The molecule has 1 heterocycles. The number of non-ortho nitro benzene ring substituents is 1. The zero-order valence-corrected chi connectivity index (χ0v) is 17.6. The number of hydrogen-bond acceptors (Lipinski definition) is 5. The van der Waals surface area contributed by atoms with Gasteiger partial charge in [-0.15, -0.1) is 0 Å². The highest BCUT2D eigenvalue weighted by molar-refractivity contribution is 7.80. The molecule has 2 aromatic carbocycles. The smallest absolute Gasteiger partial charge is 0.269 e. The molecule has 3 rings (SSSR count). The SMILES string of the molecule is C[C@H](NC(=S)Nc1ccc([N+](=O)[O-])cc1)[C@@H](c1ccccc1)N1CCN(C)CC1. The van der Waals surface area contributed by atoms with Gasteiger partial charge in [0.25, 0.3) is 5.69 Å². The highest BCUT2D eigenvalue weighted by Crippen LogP contribution is 2.26. The molecule has 7 nitrogen and oxygen atoms in total. The van der Waals surface area contributed by atoms with Gasteiger partial charge in [0.1, 0.15) is 0 Å². The van der Waals surface area contributed by atoms with E-state index < -0.39 is 4.92 Å². The second kappa shape index (κ2) is 9.78. The molecule has 1 fully saturated rings. The number of likely N-dealkylation sites (N-methyl/N-ethyl adjacent to an activating group) is 1. The van der Waals surface area contributed by atoms with Crippen molar-refractivity contribution in [1.82, 2.24) is 15.1 Å². The van der Waals surface area contributed by atoms with E-state index in [1.54, 1.807) is 12.1 Å². The van der Waals surface area contributed by atoms with Gasteiger partial charge in [0, 0.05) is 50.0 Å². The number of rotatable bonds is 6. The second-order valence-electron chi connectivity index (χ2n) is 7.39. The van der Waals surface area contributed by atoms with Crippen LogP contribution in [0.2, 0.25) is 0 Å². The average molecular weight is 414 g/mol. The second-order valence-corrected chi connectivity index (χ2v) is 7.79. The number of nitro benzene ring substituents is 1. The van der Waals surface area contributed by atoms with Gasteiger partial charge in [-0.25, -0.2) is 0 Å². The fourth-order valence-electron chi connectivity index (χ4n) is 3.69. The Hall–Kier alpha value is -2.55. The number of piperazine rings is 1. The molecule has 0 bridgehead atoms. The Morgan fingerprint density at radius 1 is 1.07 bits per heavy atom. The minimum absolute atomic E-state index is 0.0574. The minimum Gasteiger partial charge on any atom is -0.358 e. The number of nitrogens with zero attached hydrogens (tertiary/aromatic N) is 3. The molecule has 2 aromatic rings. The van der Waals surface area contributed by atoms with Gasteiger partial charge in [-0.3, -0.25) is 15.0 Å². The van der Waals surface area contributed by atoms with E-state index in [0.29, 0.717) is 5.11 Å². The molecule has 2 atom stereocenters. The lowest BCUT2D eigenvalue weighted by molar-refractivity contribution is -0.384. The number of anilines is 1. The fourth-order valence-corrected chi connectivity index (χ4v) is 3.99. The summed E-state index contributed by atoms with van der Waals surface area (Å²) in [5.74, 6) is 0. The van der Waals surface area contributed by atoms with E-state index in [9.17, 15) is 10.1 Å². The van der Waals surface area contributed by atoms with Crippen molar-refractivity contribution in [3.05, 3.63) is 70.3 Å². The number of hydrogen-bond donors (Lipinski definition) is 2. The molecule has 1 aliphatic heterocycles. The van der Waals surface area contributed by atoms with Gasteiger partial charge in [-0.2, -0.15) is 0 Å². The average Bonchev–Trinajstić information content (AvgIpc) is 2.71. The lowest BCUT2D eigenvalue weighted by Gasteiger charge is -2.41. The Labute approximate surface area is 176 Å². The zero-order valence-electron chi connectivity index (χ0n) is 16.7. The molecule has 1 aliphatic rings. The monoisotopic (exact) mass is 413 g/mol. The molecule has 0 aromatic heterocycles. The van der Waals surface area contributed by atoms with E-state index in [1.165, 1.54) is 17.7 Å². The van der Waals surface area contributed by atoms with Crippen LogP contribution in [0.15, 0.2) is 54.6 Å². The molecule has 0 unspecified atom stereocenters. The molecular formula is C21H27N5O2S. The van der Waals surface area contributed by atoms with Gasteiger partial charge in [0.05, 0.1) is 11.0 Å². The predicted octanol–water partition coefficient (Wildman–Crippen LogP) is 3.26. The van der Waals surface area contributed by atoms with Crippen molar-refractivity contribution in [2.75, 3.05) is 38.5 Å². The summed E-state index contributed by atoms with van der Waals surface area (Å²) in [6, 6.07) is 17.0. The summed E-state index contributed by atoms with van der Waals surface area (Å²) < 4.78 is 0. The molecule has 0 radical (unpaired) electrons. The maximum atomic E-state index is 10.8. The summed E-state index contributed by atoms with van der Waals surface area (Å²) in [4.78, 5) is 15.2. The third kappa shape index (κ3) is 5.72. The highest BCUT2D eigenvalue weighted by atomic mass is 32.1. The first-order valence-corrected chi connectivity index (χ1v) is 10.1. The highest BCUT2D eigenvalue weighted by Gasteiger charge is 2.28. The van der Waals surface area contributed by atoms with Crippen LogP contribution in [0.25, 0.3) is 0 Å². The Bertz CT molecular complexity index is 823. The van der Waals surface area contributed by atoms with Gasteiger partial charge in [0.15, 0.2) is 5.11 Å². The lowest BCUT2D eigenvalue weighted by Crippen LogP contribution is -2.52. The molecule has 0 amide bonds. The van der Waals surface area contributed by atoms with Crippen molar-refractivity contribution < 1.29 is 4.92 Å². The van der Waals surface area contributed by atoms with Crippen molar-refractivity contribution in [2.24, 2.45) is 0 Å². The van der Waals surface area contributed by atoms with Crippen molar-refractivity contribution in [2.45, 2.75) is 19.0 Å². The largest absolute Gasteiger partial charge is 0.358 e. The van der Waals surface area contributed by atoms with Crippen LogP contribution >= 0.6 is 12.2 Å². The minimum atomic E-state index is -0.414. The third-order valence-electron chi connectivity index (χ3n) is 5.24. The van der Waals surface area contributed by atoms with Gasteiger partial charge < -0.3 is 15.5 Å². The van der Waals surface area contributed by atoms with Crippen molar-refractivity contribution >= 4 is 28.7 Å². The topological polar surface area (TPSA) is 73.7 Å². The number of nitrogens with one attached hydrogen (secondary N) is 2. The normalized spacial score (nSPS) is 17.3. The van der Waals surface area contributed by atoms with E-state index in [-0.39, 0.29) is 17.8 Å². The maximum absolute atomic E-state index is 10.8. The third-order valence-corrected chi connectivity index (χ3v) is 5.46. The van der Waals surface area contributed by atoms with Crippen molar-refractivity contribution in [3.63, 3.8) is 0 Å². The van der Waals surface area contributed by atoms with E-state index in [2.05, 4.69) is 58.7 Å². The summed E-state index contributed by atoms with van der Waals surface area (Å²) in [6.45, 7) is 6.23. The standard InChI is InChI=1S/C21H27N5O2S/c1-16(22-21(29)23-18-8-10-19(11-9-18)26(27)28)20(17-6-4-3-5-7-17)25-14-12-24(2)13-15-25/h3-11,16,20H,12-15H2,1-2H3,(H2,22,23,29)/t16-,20-/m0/s1. The molecule has 154 valence electrons. The molecular weight excluding hydrogens is 386 g/mol. The zero-order chi connectivity index (χ0) is 20.8. The Balaban J connectivity index is 1.68. The number of nitro groups is 1. The van der Waals surface area contributed by atoms with Crippen LogP contribution < -0.4 is 10.6 Å². The van der Waals surface area contributed by atoms with Crippen molar-refractivity contribution in [1.29, 1.82) is 0 Å². The lowest BCUT2D eigenvalue weighted by atomic mass is 9.98. The number of benzene rings is 2. The Morgan fingerprint density at radius 2 is 1.69 bits per heavy atom. The summed E-state index contributed by atoms with van der Waals surface area (Å²) in [5.41, 5.74) is 2.04. The molecule has 29 heavy (non-hydrogen) atoms. The first kappa shape index (κ1) is 21.2. The van der Waals surface area contributed by atoms with Crippen LogP contribution in [0.4, 0.5) is 11.4 Å². The molecule has 0 aliphatic carbocycles. The quantitative estimate of drug-likeness (QED) is 0.428. The summed E-state index contributed by atoms with van der Waals surface area (Å²) in [6.07, 6.45) is 0. The van der Waals surface area contributed by atoms with Crippen LogP contribution in [-0.4, -0.2) is 59.1 Å². The van der Waals surface area contributed by atoms with Gasteiger partial charge >= 0.3 is 0 Å². The summed E-state index contributed by atoms with van der Waals surface area (Å²) in [7, 11) is 2.15. The molecule has 0 saturated carbocycles. The molecule has 8 heteroatoms. The number of thiocarbonyl (C=S) groups is 1. The molecule has 2 N–H and O–H groups in total. The van der Waals surface area contributed by atoms with Crippen molar-refractivity contribution in [3.8, 4) is 0 Å². The van der Waals surface area contributed by atoms with Crippen LogP contribution in [0.1, 0.15) is 18.5 Å². The fraction of sp³-hybridized carbons (Fsp3) is 0.381. The van der Waals surface area contributed by atoms with Gasteiger partial charge in [0.2, 0.25) is 0 Å². The van der Waals surface area contributed by atoms with E-state index >= 15 is 0 Å². The summed E-state index contributed by atoms with van der Waals surface area (Å²) in [5, 5.41) is 17.8. The van der Waals surface area contributed by atoms with Crippen LogP contribution in [0.3, 0.4) is 0 Å². The maximum Gasteiger partial charge on any atom is 0.269 e. The van der Waals surface area contributed by atoms with Crippen LogP contribution in [0, 0.1) is 10.1 Å². The van der Waals surface area contributed by atoms with Crippen LogP contribution in [0.5, 0.6) is 0 Å². The van der Waals surface area contributed by atoms with Gasteiger partial charge in [-0.1, -0.05) is 30.3 Å². The molecule has 1 saturated heterocycles. The Kier molecular flexibility index (Phi) is 7.13. The summed E-state index contributed by atoms with van der Waals surface area (Å²) >= 11 is 5.50. The van der Waals surface area contributed by atoms with E-state index in [0.717, 1.165) is 31.9 Å². The van der Waals surface area contributed by atoms with Crippen LogP contribution in [-0.2, 0) is 0 Å². The predicted molar refractivity (Wildman–Crippen MR) is 120 cm³/mol. The van der Waals surface area contributed by atoms with Gasteiger partial charge in [-0.05, 0) is 43.9 Å². The first-order valence-electron chi connectivity index (χ1n) is 9.73.